The first kappa shape index (κ1) is 10.2. The van der Waals surface area contributed by atoms with Crippen molar-refractivity contribution in [2.45, 2.75) is 26.9 Å². The maximum Gasteiger partial charge on any atom is 0.0810 e. The third-order valence-corrected chi connectivity index (χ3v) is 2.53. The number of aryl methyl sites for hydroxylation is 3. The van der Waals surface area contributed by atoms with Crippen molar-refractivity contribution in [2.24, 2.45) is 5.73 Å². The molecule has 1 rings (SSSR count). The SMILES string of the molecule is CNC(N)c1cc(C)c(C)cc1C. The molecule has 1 atom stereocenters. The highest BCUT2D eigenvalue weighted by atomic mass is 15.0. The summed E-state index contributed by atoms with van der Waals surface area (Å²) >= 11 is 0. The standard InChI is InChI=1S/C11H18N2/c1-7-5-9(3)10(6-8(7)2)11(12)13-4/h5-6,11,13H,12H2,1-4H3. The van der Waals surface area contributed by atoms with E-state index in [1.165, 1.54) is 22.3 Å². The molecule has 13 heavy (non-hydrogen) atoms. The van der Waals surface area contributed by atoms with E-state index in [0.29, 0.717) is 0 Å². The summed E-state index contributed by atoms with van der Waals surface area (Å²) < 4.78 is 0. The molecule has 0 amide bonds. The monoisotopic (exact) mass is 178 g/mol. The molecule has 0 spiro atoms. The third-order valence-electron chi connectivity index (χ3n) is 2.53. The summed E-state index contributed by atoms with van der Waals surface area (Å²) in [5, 5.41) is 3.05. The fourth-order valence-electron chi connectivity index (χ4n) is 1.47. The lowest BCUT2D eigenvalue weighted by molar-refractivity contribution is 0.618. The molecular weight excluding hydrogens is 160 g/mol. The molecule has 0 radical (unpaired) electrons. The van der Waals surface area contributed by atoms with E-state index >= 15 is 0 Å². The predicted molar refractivity (Wildman–Crippen MR) is 56.6 cm³/mol. The topological polar surface area (TPSA) is 38.0 Å². The van der Waals surface area contributed by atoms with Crippen LogP contribution in [0.4, 0.5) is 0 Å². The van der Waals surface area contributed by atoms with Gasteiger partial charge in [-0.25, -0.2) is 0 Å². The lowest BCUT2D eigenvalue weighted by atomic mass is 9.99. The summed E-state index contributed by atoms with van der Waals surface area (Å²) in [6, 6.07) is 4.34. The van der Waals surface area contributed by atoms with E-state index in [1.54, 1.807) is 0 Å². The van der Waals surface area contributed by atoms with Crippen LogP contribution in [0.1, 0.15) is 28.4 Å². The van der Waals surface area contributed by atoms with Crippen molar-refractivity contribution >= 4 is 0 Å². The largest absolute Gasteiger partial charge is 0.312 e. The van der Waals surface area contributed by atoms with Gasteiger partial charge in [-0.1, -0.05) is 12.1 Å². The van der Waals surface area contributed by atoms with E-state index in [4.69, 9.17) is 5.73 Å². The molecule has 1 aromatic carbocycles. The summed E-state index contributed by atoms with van der Waals surface area (Å²) in [5.74, 6) is 0. The zero-order valence-corrected chi connectivity index (χ0v) is 8.81. The van der Waals surface area contributed by atoms with E-state index in [-0.39, 0.29) is 6.17 Å². The smallest absolute Gasteiger partial charge is 0.0810 e. The van der Waals surface area contributed by atoms with Crippen molar-refractivity contribution in [1.82, 2.24) is 5.32 Å². The summed E-state index contributed by atoms with van der Waals surface area (Å²) in [5.41, 5.74) is 11.0. The van der Waals surface area contributed by atoms with E-state index in [0.717, 1.165) is 0 Å². The molecule has 0 bridgehead atoms. The third kappa shape index (κ3) is 2.08. The summed E-state index contributed by atoms with van der Waals surface area (Å²) in [6.07, 6.45) is -0.0562. The first-order valence-electron chi connectivity index (χ1n) is 4.57. The molecule has 2 nitrogen and oxygen atoms in total. The minimum absolute atomic E-state index is 0.0562. The Bertz CT molecular complexity index is 305. The van der Waals surface area contributed by atoms with Crippen molar-refractivity contribution in [3.05, 3.63) is 34.4 Å². The average Bonchev–Trinajstić information content (AvgIpc) is 2.10. The maximum absolute atomic E-state index is 5.90. The van der Waals surface area contributed by atoms with Crippen LogP contribution in [-0.4, -0.2) is 7.05 Å². The Morgan fingerprint density at radius 1 is 1.08 bits per heavy atom. The summed E-state index contributed by atoms with van der Waals surface area (Å²) in [4.78, 5) is 0. The Balaban J connectivity index is 3.15. The van der Waals surface area contributed by atoms with Crippen LogP contribution in [0.25, 0.3) is 0 Å². The van der Waals surface area contributed by atoms with Crippen LogP contribution >= 0.6 is 0 Å². The molecule has 0 aliphatic heterocycles. The highest BCUT2D eigenvalue weighted by molar-refractivity contribution is 5.37. The number of nitrogens with two attached hydrogens (primary N) is 1. The summed E-state index contributed by atoms with van der Waals surface area (Å²) in [6.45, 7) is 6.33. The molecule has 2 heteroatoms. The van der Waals surface area contributed by atoms with Gasteiger partial charge in [0.1, 0.15) is 0 Å². The Kier molecular flexibility index (Phi) is 3.07. The predicted octanol–water partition coefficient (Wildman–Crippen LogP) is 1.79. The normalized spacial score (nSPS) is 13.0. The van der Waals surface area contributed by atoms with Crippen LogP contribution in [0.3, 0.4) is 0 Å². The molecule has 72 valence electrons. The maximum atomic E-state index is 5.90. The number of hydrogen-bond acceptors (Lipinski definition) is 2. The molecule has 0 aliphatic carbocycles. The van der Waals surface area contributed by atoms with Crippen LogP contribution < -0.4 is 11.1 Å². The summed E-state index contributed by atoms with van der Waals surface area (Å²) in [7, 11) is 1.87. The molecule has 1 unspecified atom stereocenters. The Labute approximate surface area is 80.1 Å². The van der Waals surface area contributed by atoms with Gasteiger partial charge in [0.25, 0.3) is 0 Å². The van der Waals surface area contributed by atoms with Crippen LogP contribution in [0.5, 0.6) is 0 Å². The van der Waals surface area contributed by atoms with Crippen molar-refractivity contribution in [3.63, 3.8) is 0 Å². The quantitative estimate of drug-likeness (QED) is 0.678. The van der Waals surface area contributed by atoms with Crippen molar-refractivity contribution in [2.75, 3.05) is 7.05 Å². The molecule has 3 N–H and O–H groups in total. The van der Waals surface area contributed by atoms with Gasteiger partial charge in [0.15, 0.2) is 0 Å². The van der Waals surface area contributed by atoms with Gasteiger partial charge in [0.05, 0.1) is 6.17 Å². The number of hydrogen-bond donors (Lipinski definition) is 2. The van der Waals surface area contributed by atoms with Gasteiger partial charge in [-0.2, -0.15) is 0 Å². The van der Waals surface area contributed by atoms with Crippen LogP contribution in [0, 0.1) is 20.8 Å². The first-order valence-corrected chi connectivity index (χ1v) is 4.57. The Morgan fingerprint density at radius 2 is 1.62 bits per heavy atom. The first-order chi connectivity index (χ1) is 6.06. The van der Waals surface area contributed by atoms with Crippen LogP contribution in [-0.2, 0) is 0 Å². The molecule has 0 heterocycles. The van der Waals surface area contributed by atoms with Gasteiger partial charge < -0.3 is 11.1 Å². The van der Waals surface area contributed by atoms with Gasteiger partial charge in [0, 0.05) is 0 Å². The van der Waals surface area contributed by atoms with E-state index in [2.05, 4.69) is 38.2 Å². The van der Waals surface area contributed by atoms with E-state index in [1.807, 2.05) is 7.05 Å². The van der Waals surface area contributed by atoms with Gasteiger partial charge in [-0.15, -0.1) is 0 Å². The molecule has 0 aliphatic rings. The molecule has 0 aromatic heterocycles. The molecule has 0 saturated heterocycles. The second-order valence-corrected chi connectivity index (χ2v) is 3.56. The van der Waals surface area contributed by atoms with Crippen LogP contribution in [0.2, 0.25) is 0 Å². The fraction of sp³-hybridized carbons (Fsp3) is 0.455. The van der Waals surface area contributed by atoms with Gasteiger partial charge >= 0.3 is 0 Å². The average molecular weight is 178 g/mol. The lowest BCUT2D eigenvalue weighted by Crippen LogP contribution is -2.25. The minimum atomic E-state index is -0.0562. The van der Waals surface area contributed by atoms with E-state index in [9.17, 15) is 0 Å². The molecular formula is C11H18N2. The Morgan fingerprint density at radius 3 is 2.15 bits per heavy atom. The minimum Gasteiger partial charge on any atom is -0.312 e. The van der Waals surface area contributed by atoms with Gasteiger partial charge in [-0.05, 0) is 50.1 Å². The Hall–Kier alpha value is -0.860. The highest BCUT2D eigenvalue weighted by Crippen LogP contribution is 2.18. The number of rotatable bonds is 2. The number of benzene rings is 1. The van der Waals surface area contributed by atoms with Crippen molar-refractivity contribution in [1.29, 1.82) is 0 Å². The van der Waals surface area contributed by atoms with Crippen LogP contribution in [0.15, 0.2) is 12.1 Å². The molecule has 0 fully saturated rings. The van der Waals surface area contributed by atoms with Crippen molar-refractivity contribution in [3.8, 4) is 0 Å². The van der Waals surface area contributed by atoms with Gasteiger partial charge in [-0.3, -0.25) is 0 Å². The second kappa shape index (κ2) is 3.90. The zero-order valence-electron chi connectivity index (χ0n) is 8.81. The fourth-order valence-corrected chi connectivity index (χ4v) is 1.47. The number of nitrogens with one attached hydrogen (secondary N) is 1. The van der Waals surface area contributed by atoms with Crippen molar-refractivity contribution < 1.29 is 0 Å². The van der Waals surface area contributed by atoms with E-state index < -0.39 is 0 Å². The highest BCUT2D eigenvalue weighted by Gasteiger charge is 2.07. The lowest BCUT2D eigenvalue weighted by Gasteiger charge is -2.15. The zero-order chi connectivity index (χ0) is 10.0. The second-order valence-electron chi connectivity index (χ2n) is 3.56. The molecule has 0 saturated carbocycles. The molecule has 1 aromatic rings. The van der Waals surface area contributed by atoms with Gasteiger partial charge in [0.2, 0.25) is 0 Å².